The highest BCUT2D eigenvalue weighted by atomic mass is 14.7. The number of pyridine rings is 2. The summed E-state index contributed by atoms with van der Waals surface area (Å²) in [4.78, 5) is 9.45. The van der Waals surface area contributed by atoms with E-state index in [1.54, 1.807) is 0 Å². The normalized spacial score (nSPS) is 15.6. The van der Waals surface area contributed by atoms with Gasteiger partial charge in [0.15, 0.2) is 0 Å². The summed E-state index contributed by atoms with van der Waals surface area (Å²) in [5.74, 6) is 0. The van der Waals surface area contributed by atoms with Crippen LogP contribution in [0.2, 0.25) is 0 Å². The van der Waals surface area contributed by atoms with E-state index in [1.807, 2.05) is 24.5 Å². The van der Waals surface area contributed by atoms with Crippen LogP contribution in [0.4, 0.5) is 0 Å². The number of nitrogens with zero attached hydrogens (tertiary/aromatic N) is 2. The summed E-state index contributed by atoms with van der Waals surface area (Å²) in [5.41, 5.74) is 12.7. The van der Waals surface area contributed by atoms with Crippen LogP contribution < -0.4 is 0 Å². The van der Waals surface area contributed by atoms with Crippen LogP contribution in [-0.4, -0.2) is 9.97 Å². The first kappa shape index (κ1) is 26.6. The maximum absolute atomic E-state index is 5.10. The second kappa shape index (κ2) is 11.5. The third-order valence-electron chi connectivity index (χ3n) is 8.49. The molecule has 0 fully saturated rings. The third-order valence-corrected chi connectivity index (χ3v) is 8.49. The van der Waals surface area contributed by atoms with E-state index in [9.17, 15) is 0 Å². The lowest BCUT2D eigenvalue weighted by Crippen LogP contribution is -2.26. The Morgan fingerprint density at radius 3 is 1.86 bits per heavy atom. The highest BCUT2D eigenvalue weighted by Crippen LogP contribution is 2.55. The van der Waals surface area contributed by atoms with Crippen LogP contribution in [0, 0.1) is 0 Å². The zero-order chi connectivity index (χ0) is 29.1. The fourth-order valence-electron chi connectivity index (χ4n) is 6.48. The quantitative estimate of drug-likeness (QED) is 0.184. The molecule has 4 aromatic carbocycles. The van der Waals surface area contributed by atoms with Gasteiger partial charge in [0, 0.05) is 28.9 Å². The topological polar surface area (TPSA) is 25.8 Å². The molecule has 7 rings (SSSR count). The molecule has 0 saturated carbocycles. The molecule has 6 aromatic rings. The molecule has 0 spiro atoms. The van der Waals surface area contributed by atoms with Crippen LogP contribution in [0.3, 0.4) is 0 Å². The first-order valence-corrected chi connectivity index (χ1v) is 14.8. The van der Waals surface area contributed by atoms with Crippen molar-refractivity contribution in [2.75, 3.05) is 0 Å². The summed E-state index contributed by atoms with van der Waals surface area (Å²) >= 11 is 0. The molecule has 0 N–H and O–H groups in total. The van der Waals surface area contributed by atoms with Crippen molar-refractivity contribution in [3.05, 3.63) is 181 Å². The summed E-state index contributed by atoms with van der Waals surface area (Å²) in [5, 5.41) is 0. The molecule has 0 radical (unpaired) electrons. The SMILES string of the molecule is C/C=C\C=C/CC1(c2ccncc2)c2ccccc2-c2cc(-c3cc(-c4ccccc4)nc(-c4ccccc4)c3)ccc21. The van der Waals surface area contributed by atoms with Gasteiger partial charge in [-0.1, -0.05) is 121 Å². The smallest absolute Gasteiger partial charge is 0.0715 e. The van der Waals surface area contributed by atoms with E-state index in [-0.39, 0.29) is 5.41 Å². The minimum absolute atomic E-state index is 0.298. The fourth-order valence-corrected chi connectivity index (χ4v) is 6.48. The zero-order valence-corrected chi connectivity index (χ0v) is 24.2. The molecule has 0 aliphatic heterocycles. The van der Waals surface area contributed by atoms with Crippen molar-refractivity contribution >= 4 is 0 Å². The molecule has 0 saturated heterocycles. The van der Waals surface area contributed by atoms with Crippen LogP contribution in [0.1, 0.15) is 30.0 Å². The van der Waals surface area contributed by atoms with Crippen molar-refractivity contribution in [3.63, 3.8) is 0 Å². The van der Waals surface area contributed by atoms with E-state index < -0.39 is 0 Å². The van der Waals surface area contributed by atoms with E-state index in [1.165, 1.54) is 33.4 Å². The van der Waals surface area contributed by atoms with Crippen molar-refractivity contribution < 1.29 is 0 Å². The second-order valence-corrected chi connectivity index (χ2v) is 11.0. The highest BCUT2D eigenvalue weighted by molar-refractivity contribution is 5.87. The first-order valence-electron chi connectivity index (χ1n) is 14.8. The summed E-state index contributed by atoms with van der Waals surface area (Å²) in [6, 6.07) is 45.6. The molecule has 1 aliphatic rings. The molecular weight excluding hydrogens is 520 g/mol. The molecule has 2 heterocycles. The maximum atomic E-state index is 5.10. The minimum atomic E-state index is -0.298. The number of allylic oxidation sites excluding steroid dienone is 4. The Kier molecular flexibility index (Phi) is 7.10. The van der Waals surface area contributed by atoms with Gasteiger partial charge in [-0.3, -0.25) is 4.98 Å². The van der Waals surface area contributed by atoms with Gasteiger partial charge in [-0.25, -0.2) is 4.98 Å². The van der Waals surface area contributed by atoms with Crippen LogP contribution in [0.25, 0.3) is 44.8 Å². The fraction of sp³-hybridized carbons (Fsp3) is 0.0732. The van der Waals surface area contributed by atoms with Gasteiger partial charge < -0.3 is 0 Å². The van der Waals surface area contributed by atoms with Crippen molar-refractivity contribution in [1.82, 2.24) is 9.97 Å². The van der Waals surface area contributed by atoms with Gasteiger partial charge in [-0.05, 0) is 82.6 Å². The predicted octanol–water partition coefficient (Wildman–Crippen LogP) is 10.3. The van der Waals surface area contributed by atoms with Gasteiger partial charge in [-0.2, -0.15) is 0 Å². The van der Waals surface area contributed by atoms with E-state index in [2.05, 4.69) is 151 Å². The number of rotatable bonds is 7. The molecule has 1 aliphatic carbocycles. The number of aromatic nitrogens is 2. The van der Waals surface area contributed by atoms with E-state index >= 15 is 0 Å². The summed E-state index contributed by atoms with van der Waals surface area (Å²) in [6.07, 6.45) is 13.3. The van der Waals surface area contributed by atoms with Crippen molar-refractivity contribution in [1.29, 1.82) is 0 Å². The van der Waals surface area contributed by atoms with Crippen LogP contribution >= 0.6 is 0 Å². The van der Waals surface area contributed by atoms with Crippen LogP contribution in [-0.2, 0) is 5.41 Å². The van der Waals surface area contributed by atoms with Crippen molar-refractivity contribution in [3.8, 4) is 44.8 Å². The van der Waals surface area contributed by atoms with Gasteiger partial charge in [-0.15, -0.1) is 0 Å². The Labute approximate surface area is 253 Å². The van der Waals surface area contributed by atoms with Crippen molar-refractivity contribution in [2.45, 2.75) is 18.8 Å². The van der Waals surface area contributed by atoms with Gasteiger partial charge in [0.2, 0.25) is 0 Å². The lowest BCUT2D eigenvalue weighted by atomic mass is 9.70. The molecule has 0 bridgehead atoms. The average molecular weight is 553 g/mol. The standard InChI is InChI=1S/C41H32N2/c1-2-3-4-13-24-41(34-22-25-42-26-23-34)37-19-12-11-18-35(37)36-27-32(20-21-38(36)41)33-28-39(30-14-7-5-8-15-30)43-40(29-33)31-16-9-6-10-17-31/h2-23,25-29H,24H2,1H3/b3-2-,13-4-. The first-order chi connectivity index (χ1) is 21.3. The Hall–Kier alpha value is -5.34. The number of benzene rings is 4. The van der Waals surface area contributed by atoms with Crippen molar-refractivity contribution in [2.24, 2.45) is 0 Å². The largest absolute Gasteiger partial charge is 0.265 e. The monoisotopic (exact) mass is 552 g/mol. The number of hydrogen-bond acceptors (Lipinski definition) is 2. The average Bonchev–Trinajstić information content (AvgIpc) is 3.37. The molecule has 1 unspecified atom stereocenters. The molecule has 1 atom stereocenters. The van der Waals surface area contributed by atoms with E-state index in [0.717, 1.165) is 34.5 Å². The van der Waals surface area contributed by atoms with Crippen LogP contribution in [0.15, 0.2) is 164 Å². The van der Waals surface area contributed by atoms with Gasteiger partial charge in [0.05, 0.1) is 11.4 Å². The molecular formula is C41H32N2. The van der Waals surface area contributed by atoms with Gasteiger partial charge >= 0.3 is 0 Å². The van der Waals surface area contributed by atoms with Crippen LogP contribution in [0.5, 0.6) is 0 Å². The molecule has 2 aromatic heterocycles. The predicted molar refractivity (Wildman–Crippen MR) is 179 cm³/mol. The summed E-state index contributed by atoms with van der Waals surface area (Å²) in [7, 11) is 0. The maximum Gasteiger partial charge on any atom is 0.0715 e. The number of hydrogen-bond donors (Lipinski definition) is 0. The highest BCUT2D eigenvalue weighted by Gasteiger charge is 2.43. The Balaban J connectivity index is 1.43. The minimum Gasteiger partial charge on any atom is -0.265 e. The van der Waals surface area contributed by atoms with E-state index in [4.69, 9.17) is 4.98 Å². The lowest BCUT2D eigenvalue weighted by Gasteiger charge is -2.32. The molecule has 2 heteroatoms. The second-order valence-electron chi connectivity index (χ2n) is 11.0. The summed E-state index contributed by atoms with van der Waals surface area (Å²) < 4.78 is 0. The zero-order valence-electron chi connectivity index (χ0n) is 24.2. The molecule has 0 amide bonds. The summed E-state index contributed by atoms with van der Waals surface area (Å²) in [6.45, 7) is 2.05. The molecule has 2 nitrogen and oxygen atoms in total. The lowest BCUT2D eigenvalue weighted by molar-refractivity contribution is 0.644. The molecule has 43 heavy (non-hydrogen) atoms. The Morgan fingerprint density at radius 1 is 0.558 bits per heavy atom. The Morgan fingerprint density at radius 2 is 1.19 bits per heavy atom. The van der Waals surface area contributed by atoms with E-state index in [0.29, 0.717) is 0 Å². The number of fused-ring (bicyclic) bond motifs is 3. The third kappa shape index (κ3) is 4.81. The Bertz CT molecular complexity index is 1880. The van der Waals surface area contributed by atoms with Gasteiger partial charge in [0.1, 0.15) is 0 Å². The molecule has 206 valence electrons. The van der Waals surface area contributed by atoms with Gasteiger partial charge in [0.25, 0.3) is 0 Å².